The van der Waals surface area contributed by atoms with Crippen LogP contribution in [0.2, 0.25) is 0 Å². The molecule has 0 fully saturated rings. The Balaban J connectivity index is 1.61. The number of allylic oxidation sites excluding steroid dienone is 1. The Kier molecular flexibility index (Phi) is 5.73. The van der Waals surface area contributed by atoms with E-state index in [1.165, 1.54) is 9.36 Å². The highest BCUT2D eigenvalue weighted by Gasteiger charge is 2.14. The maximum atomic E-state index is 12.3. The minimum atomic E-state index is -0.304. The van der Waals surface area contributed by atoms with Crippen LogP contribution < -0.4 is 10.4 Å². The van der Waals surface area contributed by atoms with E-state index in [1.54, 1.807) is 7.05 Å². The van der Waals surface area contributed by atoms with Crippen LogP contribution in [-0.2, 0) is 13.7 Å². The molecule has 0 spiro atoms. The van der Waals surface area contributed by atoms with Crippen molar-refractivity contribution < 1.29 is 4.74 Å². The van der Waals surface area contributed by atoms with Gasteiger partial charge in [-0.25, -0.2) is 9.78 Å². The van der Waals surface area contributed by atoms with Crippen molar-refractivity contribution in [3.63, 3.8) is 0 Å². The van der Waals surface area contributed by atoms with Crippen LogP contribution in [0.25, 0.3) is 22.5 Å². The number of rotatable bonds is 6. The average Bonchev–Trinajstić information content (AvgIpc) is 3.11. The Bertz CT molecular complexity index is 1370. The van der Waals surface area contributed by atoms with E-state index in [-0.39, 0.29) is 5.69 Å². The van der Waals surface area contributed by atoms with Gasteiger partial charge in [-0.1, -0.05) is 24.8 Å². The van der Waals surface area contributed by atoms with Crippen LogP contribution in [0.3, 0.4) is 0 Å². The van der Waals surface area contributed by atoms with Crippen LogP contribution >= 0.6 is 0 Å². The fraction of sp³-hybridized carbons (Fsp3) is 0.200. The molecule has 2 heterocycles. The molecule has 0 saturated heterocycles. The van der Waals surface area contributed by atoms with Crippen molar-refractivity contribution in [2.24, 2.45) is 7.05 Å². The third kappa shape index (κ3) is 4.09. The molecule has 0 aliphatic rings. The van der Waals surface area contributed by atoms with Crippen LogP contribution in [0, 0.1) is 13.8 Å². The van der Waals surface area contributed by atoms with Gasteiger partial charge in [-0.3, -0.25) is 0 Å². The third-order valence-electron chi connectivity index (χ3n) is 5.36. The number of hydrogen-bond donors (Lipinski definition) is 0. The first-order valence-corrected chi connectivity index (χ1v) is 10.3. The molecule has 2 aromatic carbocycles. The summed E-state index contributed by atoms with van der Waals surface area (Å²) in [5.74, 6) is 0.769. The fourth-order valence-electron chi connectivity index (χ4n) is 3.49. The predicted octanol–water partition coefficient (Wildman–Crippen LogP) is 4.26. The molecule has 0 atom stereocenters. The Morgan fingerprint density at radius 2 is 1.81 bits per heavy atom. The van der Waals surface area contributed by atoms with Crippen molar-refractivity contribution in [1.29, 1.82) is 0 Å². The molecule has 0 amide bonds. The van der Waals surface area contributed by atoms with Gasteiger partial charge in [0.25, 0.3) is 0 Å². The number of ether oxygens (including phenoxy) is 1. The van der Waals surface area contributed by atoms with Crippen molar-refractivity contribution in [2.75, 3.05) is 0 Å². The Morgan fingerprint density at radius 3 is 2.50 bits per heavy atom. The quantitative estimate of drug-likeness (QED) is 0.460. The van der Waals surface area contributed by atoms with E-state index in [0.717, 1.165) is 45.0 Å². The van der Waals surface area contributed by atoms with Gasteiger partial charge in [0.2, 0.25) is 0 Å². The van der Waals surface area contributed by atoms with E-state index in [2.05, 4.69) is 28.1 Å². The van der Waals surface area contributed by atoms with Gasteiger partial charge in [0, 0.05) is 18.2 Å². The minimum absolute atomic E-state index is 0.300. The number of pyridine rings is 1. The van der Waals surface area contributed by atoms with E-state index >= 15 is 0 Å². The maximum absolute atomic E-state index is 12.3. The summed E-state index contributed by atoms with van der Waals surface area (Å²) in [6.45, 7) is 10.2. The van der Waals surface area contributed by atoms with Gasteiger partial charge in [0.1, 0.15) is 12.4 Å². The number of nitrogens with zero attached hydrogens (tertiary/aromatic N) is 5. The first-order valence-electron chi connectivity index (χ1n) is 10.3. The summed E-state index contributed by atoms with van der Waals surface area (Å²) in [4.78, 5) is 17.0. The van der Waals surface area contributed by atoms with Crippen molar-refractivity contribution >= 4 is 5.57 Å². The minimum Gasteiger partial charge on any atom is -0.489 e. The zero-order chi connectivity index (χ0) is 22.8. The molecule has 0 radical (unpaired) electrons. The normalized spacial score (nSPS) is 10.9. The third-order valence-corrected chi connectivity index (χ3v) is 5.36. The van der Waals surface area contributed by atoms with E-state index in [1.807, 2.05) is 69.3 Å². The molecule has 0 bridgehead atoms. The molecular formula is C25H25N5O2. The second kappa shape index (κ2) is 8.63. The summed E-state index contributed by atoms with van der Waals surface area (Å²) in [5.41, 5.74) is 6.97. The summed E-state index contributed by atoms with van der Waals surface area (Å²) in [6, 6.07) is 17.7. The Hall–Kier alpha value is -4.00. The van der Waals surface area contributed by atoms with Crippen LogP contribution in [0.5, 0.6) is 5.75 Å². The van der Waals surface area contributed by atoms with E-state index in [0.29, 0.717) is 12.3 Å². The zero-order valence-corrected chi connectivity index (χ0v) is 18.7. The second-order valence-corrected chi connectivity index (χ2v) is 7.83. The first-order chi connectivity index (χ1) is 15.3. The molecular weight excluding hydrogens is 402 g/mol. The number of aryl methyl sites for hydroxylation is 3. The van der Waals surface area contributed by atoms with Gasteiger partial charge in [0.15, 0.2) is 0 Å². The van der Waals surface area contributed by atoms with Crippen LogP contribution in [0.4, 0.5) is 0 Å². The number of aromatic nitrogens is 5. The topological polar surface area (TPSA) is 74.8 Å². The van der Waals surface area contributed by atoms with E-state index in [4.69, 9.17) is 4.74 Å². The fourth-order valence-corrected chi connectivity index (χ4v) is 3.49. The van der Waals surface area contributed by atoms with Crippen molar-refractivity contribution in [3.8, 4) is 22.7 Å². The summed E-state index contributed by atoms with van der Waals surface area (Å²) in [6.07, 6.45) is 0. The maximum Gasteiger partial charge on any atom is 0.368 e. The van der Waals surface area contributed by atoms with Gasteiger partial charge in [-0.05, 0) is 84.3 Å². The lowest BCUT2D eigenvalue weighted by Gasteiger charge is -2.15. The molecule has 0 aliphatic carbocycles. The molecule has 7 heteroatoms. The Labute approximate surface area is 186 Å². The molecule has 4 rings (SSSR count). The van der Waals surface area contributed by atoms with E-state index in [9.17, 15) is 4.79 Å². The van der Waals surface area contributed by atoms with Crippen LogP contribution in [-0.4, -0.2) is 24.8 Å². The molecule has 0 aliphatic heterocycles. The average molecular weight is 428 g/mol. The summed E-state index contributed by atoms with van der Waals surface area (Å²) in [5, 5.41) is 7.79. The highest BCUT2D eigenvalue weighted by molar-refractivity contribution is 5.66. The van der Waals surface area contributed by atoms with Crippen molar-refractivity contribution in [1.82, 2.24) is 24.8 Å². The number of benzene rings is 2. The molecule has 162 valence electrons. The number of hydrogen-bond acceptors (Lipinski definition) is 5. The summed E-state index contributed by atoms with van der Waals surface area (Å²) < 4.78 is 8.66. The SMILES string of the molecule is C=C(C)c1cccc(-c2ccc(OCc3c(C)cccc3-n3nnn(C)c3=O)c(C)c2)n1. The zero-order valence-electron chi connectivity index (χ0n) is 18.7. The molecule has 7 nitrogen and oxygen atoms in total. The van der Waals surface area contributed by atoms with Gasteiger partial charge < -0.3 is 4.74 Å². The van der Waals surface area contributed by atoms with Gasteiger partial charge in [-0.2, -0.15) is 9.36 Å². The van der Waals surface area contributed by atoms with Gasteiger partial charge in [-0.15, -0.1) is 0 Å². The largest absolute Gasteiger partial charge is 0.489 e. The molecule has 4 aromatic rings. The standard InChI is InChI=1S/C25H25N5O2/c1-16(2)21-9-7-10-22(26-21)19-12-13-24(18(4)14-19)32-15-20-17(3)8-6-11-23(20)30-25(31)29(5)27-28-30/h6-14H,1,15H2,2-5H3. The van der Waals surface area contributed by atoms with Crippen LogP contribution in [0.15, 0.2) is 66.0 Å². The lowest BCUT2D eigenvalue weighted by Crippen LogP contribution is -2.23. The lowest BCUT2D eigenvalue weighted by atomic mass is 10.1. The predicted molar refractivity (Wildman–Crippen MR) is 125 cm³/mol. The Morgan fingerprint density at radius 1 is 1.03 bits per heavy atom. The molecule has 0 unspecified atom stereocenters. The van der Waals surface area contributed by atoms with Gasteiger partial charge >= 0.3 is 5.69 Å². The van der Waals surface area contributed by atoms with Crippen molar-refractivity contribution in [2.45, 2.75) is 27.4 Å². The highest BCUT2D eigenvalue weighted by atomic mass is 16.5. The lowest BCUT2D eigenvalue weighted by molar-refractivity contribution is 0.302. The summed E-state index contributed by atoms with van der Waals surface area (Å²) in [7, 11) is 1.57. The monoisotopic (exact) mass is 427 g/mol. The van der Waals surface area contributed by atoms with Crippen LogP contribution in [0.1, 0.15) is 29.3 Å². The molecule has 32 heavy (non-hydrogen) atoms. The summed E-state index contributed by atoms with van der Waals surface area (Å²) >= 11 is 0. The highest BCUT2D eigenvalue weighted by Crippen LogP contribution is 2.27. The first kappa shape index (κ1) is 21.2. The number of tetrazole rings is 1. The van der Waals surface area contributed by atoms with Crippen molar-refractivity contribution in [3.05, 3.63) is 94.0 Å². The molecule has 0 N–H and O–H groups in total. The van der Waals surface area contributed by atoms with Gasteiger partial charge in [0.05, 0.1) is 17.1 Å². The molecule has 2 aromatic heterocycles. The molecule has 0 saturated carbocycles. The second-order valence-electron chi connectivity index (χ2n) is 7.83. The smallest absolute Gasteiger partial charge is 0.368 e. The van der Waals surface area contributed by atoms with E-state index < -0.39 is 0 Å².